The van der Waals surface area contributed by atoms with Gasteiger partial charge >= 0.3 is 0 Å². The molecule has 0 unspecified atom stereocenters. The Morgan fingerprint density at radius 2 is 0.577 bits per heavy atom. The van der Waals surface area contributed by atoms with E-state index in [-0.39, 0.29) is 34.0 Å². The van der Waals surface area contributed by atoms with Crippen molar-refractivity contribution in [3.8, 4) is 0 Å². The number of aromatic nitrogens is 2. The molecule has 0 aliphatic rings. The van der Waals surface area contributed by atoms with E-state index in [1.165, 1.54) is 228 Å². The fourth-order valence-corrected chi connectivity index (χ4v) is 9.10. The summed E-state index contributed by atoms with van der Waals surface area (Å²) in [6.07, 6.45) is 51.5. The maximum absolute atomic E-state index is 2.38. The average Bonchev–Trinajstić information content (AvgIpc) is 3.14. The van der Waals surface area contributed by atoms with Gasteiger partial charge in [0.1, 0.15) is 13.1 Å². The summed E-state index contributed by atoms with van der Waals surface area (Å²) in [5.41, 5.74) is 2.95. The Hall–Kier alpha value is -0.0400. The van der Waals surface area contributed by atoms with Crippen LogP contribution in [-0.2, 0) is 25.9 Å². The van der Waals surface area contributed by atoms with Crippen LogP contribution in [0, 0.1) is 0 Å². The fraction of sp³-hybridized carbons (Fsp3) is 0.783. The summed E-state index contributed by atoms with van der Waals surface area (Å²) >= 11 is 0. The van der Waals surface area contributed by atoms with Gasteiger partial charge in [0.2, 0.25) is 0 Å². The smallest absolute Gasteiger partial charge is 0.169 e. The summed E-state index contributed by atoms with van der Waals surface area (Å²) in [7, 11) is 4.08. The van der Waals surface area contributed by atoms with Crippen molar-refractivity contribution in [3.05, 3.63) is 60.2 Å². The fourth-order valence-electron chi connectivity index (χ4n) is 7.02. The third-order valence-corrected chi connectivity index (χ3v) is 12.9. The summed E-state index contributed by atoms with van der Waals surface area (Å²) in [6, 6.07) is 9.36. The van der Waals surface area contributed by atoms with E-state index in [1.807, 2.05) is 21.6 Å². The zero-order valence-electron chi connectivity index (χ0n) is 34.1. The number of pyridine rings is 2. The quantitative estimate of drug-likeness (QED) is 0.0383. The summed E-state index contributed by atoms with van der Waals surface area (Å²) in [6.45, 7) is 6.94. The maximum Gasteiger partial charge on any atom is 0.169 e. The second-order valence-electron chi connectivity index (χ2n) is 15.2. The number of unbranched alkanes of at least 4 members (excludes halogenated alkanes) is 26. The standard InChI is InChI=1S/C46H82N2S2.2BrH/c1-3-5-7-9-11-13-15-17-19-21-23-25-27-29-37-47-39-31-45(32-40-47)35-43-49-50-44-36-46-33-41-48(42-34-46)38-30-28-26-24-22-20-18-16-14-12-10-8-6-4-2;;/h31-34,39-42H,3-30,35-38,43-44H2,1-2H3;2*1H/q+2;;/p-2. The Kier molecular flexibility index (Phi) is 40.6. The Balaban J connectivity index is 0.0000130. The van der Waals surface area contributed by atoms with Crippen molar-refractivity contribution in [2.45, 2.75) is 220 Å². The number of rotatable bonds is 37. The molecule has 0 N–H and O–H groups in total. The Morgan fingerprint density at radius 1 is 0.346 bits per heavy atom. The summed E-state index contributed by atoms with van der Waals surface area (Å²) in [5, 5.41) is 0. The molecular formula is C46H82Br2N2S2. The van der Waals surface area contributed by atoms with Crippen LogP contribution in [0.1, 0.15) is 205 Å². The number of aryl methyl sites for hydroxylation is 4. The van der Waals surface area contributed by atoms with Crippen LogP contribution in [0.3, 0.4) is 0 Å². The third-order valence-electron chi connectivity index (χ3n) is 10.5. The molecule has 2 nitrogen and oxygen atoms in total. The molecule has 0 fully saturated rings. The predicted molar refractivity (Wildman–Crippen MR) is 226 cm³/mol. The molecule has 0 atom stereocenters. The molecule has 0 aliphatic heterocycles. The first-order valence-electron chi connectivity index (χ1n) is 22.0. The summed E-state index contributed by atoms with van der Waals surface area (Å²) < 4.78 is 4.77. The van der Waals surface area contributed by atoms with Crippen molar-refractivity contribution in [1.82, 2.24) is 0 Å². The second-order valence-corrected chi connectivity index (χ2v) is 17.9. The van der Waals surface area contributed by atoms with Crippen LogP contribution in [-0.4, -0.2) is 11.5 Å². The van der Waals surface area contributed by atoms with Crippen LogP contribution in [0.5, 0.6) is 0 Å². The second kappa shape index (κ2) is 40.6. The first-order valence-corrected chi connectivity index (χ1v) is 24.5. The molecule has 6 heteroatoms. The molecule has 2 rings (SSSR count). The van der Waals surface area contributed by atoms with Gasteiger partial charge in [-0.2, -0.15) is 0 Å². The highest BCUT2D eigenvalue weighted by molar-refractivity contribution is 8.76. The zero-order valence-corrected chi connectivity index (χ0v) is 38.9. The van der Waals surface area contributed by atoms with E-state index in [9.17, 15) is 0 Å². The van der Waals surface area contributed by atoms with Gasteiger partial charge in [-0.05, 0) is 36.8 Å². The van der Waals surface area contributed by atoms with Crippen molar-refractivity contribution in [1.29, 1.82) is 0 Å². The zero-order chi connectivity index (χ0) is 35.4. The lowest BCUT2D eigenvalue weighted by atomic mass is 10.0. The van der Waals surface area contributed by atoms with Gasteiger partial charge in [-0.15, -0.1) is 0 Å². The van der Waals surface area contributed by atoms with Crippen molar-refractivity contribution in [2.24, 2.45) is 0 Å². The minimum atomic E-state index is 0. The van der Waals surface area contributed by atoms with Gasteiger partial charge in [0, 0.05) is 48.6 Å². The first-order chi connectivity index (χ1) is 24.8. The number of nitrogens with zero attached hydrogens (tertiary/aromatic N) is 2. The molecule has 2 aromatic rings. The molecule has 2 aromatic heterocycles. The Morgan fingerprint density at radius 3 is 0.827 bits per heavy atom. The molecule has 302 valence electrons. The highest BCUT2D eigenvalue weighted by Gasteiger charge is 2.04. The van der Waals surface area contributed by atoms with Crippen LogP contribution < -0.4 is 43.1 Å². The molecular weight excluding hydrogens is 804 g/mol. The van der Waals surface area contributed by atoms with Crippen molar-refractivity contribution in [2.75, 3.05) is 11.5 Å². The van der Waals surface area contributed by atoms with Gasteiger partial charge < -0.3 is 34.0 Å². The van der Waals surface area contributed by atoms with Gasteiger partial charge in [0.05, 0.1) is 0 Å². The lowest BCUT2D eigenvalue weighted by Gasteiger charge is -2.04. The molecule has 0 bridgehead atoms. The van der Waals surface area contributed by atoms with Gasteiger partial charge in [-0.3, -0.25) is 0 Å². The molecule has 0 saturated carbocycles. The van der Waals surface area contributed by atoms with Gasteiger partial charge in [0.15, 0.2) is 24.8 Å². The van der Waals surface area contributed by atoms with E-state index in [0.29, 0.717) is 0 Å². The van der Waals surface area contributed by atoms with Gasteiger partial charge in [-0.25, -0.2) is 9.13 Å². The normalized spacial score (nSPS) is 11.0. The first kappa shape index (κ1) is 52.0. The van der Waals surface area contributed by atoms with Crippen molar-refractivity contribution in [3.63, 3.8) is 0 Å². The molecule has 0 amide bonds. The van der Waals surface area contributed by atoms with E-state index >= 15 is 0 Å². The predicted octanol–water partition coefficient (Wildman–Crippen LogP) is 8.40. The molecule has 0 spiro atoms. The number of halogens is 2. The van der Waals surface area contributed by atoms with Crippen LogP contribution in [0.4, 0.5) is 0 Å². The van der Waals surface area contributed by atoms with Crippen LogP contribution in [0.15, 0.2) is 49.1 Å². The SMILES string of the molecule is CCCCCCCCCCCCCCCC[n+]1ccc(CCSSCCc2cc[n+](CCCCCCCCCCCCCCCC)cc2)cc1.[Br-].[Br-]. The van der Waals surface area contributed by atoms with Crippen LogP contribution in [0.2, 0.25) is 0 Å². The average molecular weight is 887 g/mol. The molecule has 2 heterocycles. The molecule has 52 heavy (non-hydrogen) atoms. The van der Waals surface area contributed by atoms with Crippen molar-refractivity contribution >= 4 is 21.6 Å². The topological polar surface area (TPSA) is 7.76 Å². The lowest BCUT2D eigenvalue weighted by molar-refractivity contribution is -0.697. The maximum atomic E-state index is 2.38. The lowest BCUT2D eigenvalue weighted by Crippen LogP contribution is -3.00. The Labute approximate surface area is 353 Å². The third kappa shape index (κ3) is 32.2. The largest absolute Gasteiger partial charge is 1.00 e. The van der Waals surface area contributed by atoms with E-state index in [0.717, 1.165) is 0 Å². The number of hydrogen-bond acceptors (Lipinski definition) is 2. The van der Waals surface area contributed by atoms with Crippen LogP contribution >= 0.6 is 21.6 Å². The molecule has 0 aromatic carbocycles. The van der Waals surface area contributed by atoms with Crippen LogP contribution in [0.25, 0.3) is 0 Å². The summed E-state index contributed by atoms with van der Waals surface area (Å²) in [4.78, 5) is 0. The van der Waals surface area contributed by atoms with E-state index in [2.05, 4.69) is 72.0 Å². The highest BCUT2D eigenvalue weighted by atomic mass is 79.9. The minimum absolute atomic E-state index is 0. The van der Waals surface area contributed by atoms with E-state index < -0.39 is 0 Å². The van der Waals surface area contributed by atoms with Crippen molar-refractivity contribution < 1.29 is 43.1 Å². The van der Waals surface area contributed by atoms with Gasteiger partial charge in [-0.1, -0.05) is 190 Å². The Bertz CT molecular complexity index is 894. The van der Waals surface area contributed by atoms with Gasteiger partial charge in [0.25, 0.3) is 0 Å². The number of hydrogen-bond donors (Lipinski definition) is 0. The highest BCUT2D eigenvalue weighted by Crippen LogP contribution is 2.23. The molecule has 0 saturated heterocycles. The van der Waals surface area contributed by atoms with E-state index in [1.54, 1.807) is 0 Å². The molecule has 0 radical (unpaired) electrons. The molecule has 0 aliphatic carbocycles. The summed E-state index contributed by atoms with van der Waals surface area (Å²) in [5.74, 6) is 2.39. The monoisotopic (exact) mass is 884 g/mol. The minimum Gasteiger partial charge on any atom is -1.00 e. The van der Waals surface area contributed by atoms with E-state index in [4.69, 9.17) is 0 Å².